The third-order valence-corrected chi connectivity index (χ3v) is 6.97. The lowest BCUT2D eigenvalue weighted by Gasteiger charge is -2.42. The number of amides is 3. The molecular weight excluding hydrogens is 412 g/mol. The van der Waals surface area contributed by atoms with Crippen molar-refractivity contribution in [2.75, 3.05) is 39.8 Å². The van der Waals surface area contributed by atoms with E-state index in [-0.39, 0.29) is 24.3 Å². The number of carbonyl (C=O) groups is 3. The van der Waals surface area contributed by atoms with Gasteiger partial charge in [-0.2, -0.15) is 0 Å². The van der Waals surface area contributed by atoms with Crippen LogP contribution < -0.4 is 5.48 Å². The van der Waals surface area contributed by atoms with Crippen molar-refractivity contribution in [2.45, 2.75) is 43.7 Å². The van der Waals surface area contributed by atoms with Gasteiger partial charge in [-0.25, -0.2) is 10.3 Å². The van der Waals surface area contributed by atoms with Gasteiger partial charge in [-0.3, -0.25) is 19.7 Å². The van der Waals surface area contributed by atoms with Crippen LogP contribution >= 0.6 is 0 Å². The lowest BCUT2D eigenvalue weighted by molar-refractivity contribution is -0.151. The van der Waals surface area contributed by atoms with Crippen LogP contribution in [0.25, 0.3) is 0 Å². The van der Waals surface area contributed by atoms with E-state index in [1.807, 2.05) is 23.1 Å². The Labute approximate surface area is 188 Å². The highest BCUT2D eigenvalue weighted by Gasteiger charge is 2.46. The van der Waals surface area contributed by atoms with E-state index in [1.165, 1.54) is 5.56 Å². The molecule has 0 spiro atoms. The van der Waals surface area contributed by atoms with E-state index in [9.17, 15) is 19.6 Å². The number of hydrogen-bond donors (Lipinski definition) is 2. The number of carbonyl (C=O) groups excluding carboxylic acids is 3. The van der Waals surface area contributed by atoms with Gasteiger partial charge in [0.15, 0.2) is 0 Å². The molecule has 0 bridgehead atoms. The molecule has 1 aromatic carbocycles. The van der Waals surface area contributed by atoms with Crippen molar-refractivity contribution >= 4 is 17.9 Å². The molecule has 0 aromatic heterocycles. The van der Waals surface area contributed by atoms with Crippen molar-refractivity contribution in [1.29, 1.82) is 0 Å². The van der Waals surface area contributed by atoms with Gasteiger partial charge >= 0.3 is 6.09 Å². The second kappa shape index (κ2) is 9.87. The predicted molar refractivity (Wildman–Crippen MR) is 116 cm³/mol. The Kier molecular flexibility index (Phi) is 6.95. The summed E-state index contributed by atoms with van der Waals surface area (Å²) in [5.41, 5.74) is 2.91. The maximum atomic E-state index is 13.5. The highest BCUT2D eigenvalue weighted by molar-refractivity contribution is 5.90. The standard InChI is InChI=1S/C23H32N4O5/c1-25-15-18(32-23(30)26-10-5-6-11-26)13-19(21(28)24-31)20(25)22(29)27-12-9-17(14-27)16-7-3-2-4-8-16/h2-4,7-8,17-20,31H,5-6,9-15H2,1H3,(H,24,28)/t17-,18?,19?,20?/m0/s1. The van der Waals surface area contributed by atoms with Crippen LogP contribution in [0.4, 0.5) is 4.79 Å². The molecule has 1 aromatic rings. The number of piperidine rings is 1. The average Bonchev–Trinajstić information content (AvgIpc) is 3.51. The molecule has 9 nitrogen and oxygen atoms in total. The van der Waals surface area contributed by atoms with Crippen LogP contribution in [-0.4, -0.2) is 89.7 Å². The number of hydroxylamine groups is 1. The molecule has 3 unspecified atom stereocenters. The molecular formula is C23H32N4O5. The number of hydrogen-bond acceptors (Lipinski definition) is 6. The molecule has 3 aliphatic heterocycles. The predicted octanol–water partition coefficient (Wildman–Crippen LogP) is 1.43. The lowest BCUT2D eigenvalue weighted by Crippen LogP contribution is -2.60. The Bertz CT molecular complexity index is 829. The van der Waals surface area contributed by atoms with E-state index in [0.717, 1.165) is 19.3 Å². The van der Waals surface area contributed by atoms with Gasteiger partial charge in [-0.1, -0.05) is 30.3 Å². The van der Waals surface area contributed by atoms with Gasteiger partial charge in [0, 0.05) is 38.6 Å². The second-order valence-corrected chi connectivity index (χ2v) is 9.08. The van der Waals surface area contributed by atoms with Gasteiger partial charge in [-0.15, -0.1) is 0 Å². The van der Waals surface area contributed by atoms with Crippen LogP contribution in [0.1, 0.15) is 37.2 Å². The second-order valence-electron chi connectivity index (χ2n) is 9.08. The summed E-state index contributed by atoms with van der Waals surface area (Å²) in [5.74, 6) is -1.29. The van der Waals surface area contributed by atoms with E-state index in [1.54, 1.807) is 22.3 Å². The third-order valence-electron chi connectivity index (χ3n) is 6.97. The van der Waals surface area contributed by atoms with E-state index in [4.69, 9.17) is 4.74 Å². The van der Waals surface area contributed by atoms with E-state index in [2.05, 4.69) is 12.1 Å². The topological polar surface area (TPSA) is 102 Å². The van der Waals surface area contributed by atoms with Gasteiger partial charge in [0.25, 0.3) is 0 Å². The Hall–Kier alpha value is -2.65. The number of likely N-dealkylation sites (tertiary alicyclic amines) is 3. The van der Waals surface area contributed by atoms with Gasteiger partial charge in [-0.05, 0) is 38.3 Å². The molecule has 32 heavy (non-hydrogen) atoms. The zero-order valence-electron chi connectivity index (χ0n) is 18.5. The number of nitrogens with zero attached hydrogens (tertiary/aromatic N) is 3. The minimum absolute atomic E-state index is 0.121. The number of nitrogens with one attached hydrogen (secondary N) is 1. The highest BCUT2D eigenvalue weighted by Crippen LogP contribution is 2.31. The first kappa shape index (κ1) is 22.5. The Morgan fingerprint density at radius 1 is 1.03 bits per heavy atom. The van der Waals surface area contributed by atoms with Crippen LogP contribution in [0.15, 0.2) is 30.3 Å². The van der Waals surface area contributed by atoms with Crippen LogP contribution in [0, 0.1) is 5.92 Å². The van der Waals surface area contributed by atoms with Crippen molar-refractivity contribution < 1.29 is 24.3 Å². The van der Waals surface area contributed by atoms with Crippen molar-refractivity contribution in [3.63, 3.8) is 0 Å². The largest absolute Gasteiger partial charge is 0.445 e. The number of ether oxygens (including phenoxy) is 1. The van der Waals surface area contributed by atoms with Crippen LogP contribution in [0.3, 0.4) is 0 Å². The molecule has 3 fully saturated rings. The molecule has 0 saturated carbocycles. The quantitative estimate of drug-likeness (QED) is 0.538. The summed E-state index contributed by atoms with van der Waals surface area (Å²) in [6.07, 6.45) is 2.10. The average molecular weight is 445 g/mol. The Morgan fingerprint density at radius 3 is 2.44 bits per heavy atom. The van der Waals surface area contributed by atoms with Crippen molar-refractivity contribution in [3.05, 3.63) is 35.9 Å². The first-order valence-corrected chi connectivity index (χ1v) is 11.4. The van der Waals surface area contributed by atoms with Gasteiger partial charge in [0.2, 0.25) is 11.8 Å². The zero-order chi connectivity index (χ0) is 22.7. The number of likely N-dealkylation sites (N-methyl/N-ethyl adjacent to an activating group) is 1. The minimum atomic E-state index is -0.807. The fraction of sp³-hybridized carbons (Fsp3) is 0.609. The molecule has 3 amide bonds. The first-order chi connectivity index (χ1) is 15.5. The SMILES string of the molecule is CN1CC(OC(=O)N2CCCC2)CC(C(=O)NO)C1C(=O)N1CC[C@H](c2ccccc2)C1. The molecule has 3 aliphatic rings. The fourth-order valence-electron chi connectivity index (χ4n) is 5.27. The maximum Gasteiger partial charge on any atom is 0.410 e. The molecule has 4 rings (SSSR count). The molecule has 2 N–H and O–H groups in total. The molecule has 9 heteroatoms. The molecule has 174 valence electrons. The minimum Gasteiger partial charge on any atom is -0.445 e. The molecule has 0 radical (unpaired) electrons. The lowest BCUT2D eigenvalue weighted by atomic mass is 9.86. The molecule has 4 atom stereocenters. The Balaban J connectivity index is 1.43. The summed E-state index contributed by atoms with van der Waals surface area (Å²) in [4.78, 5) is 43.7. The van der Waals surface area contributed by atoms with E-state index in [0.29, 0.717) is 32.7 Å². The van der Waals surface area contributed by atoms with Gasteiger partial charge in [0.1, 0.15) is 12.1 Å². The Morgan fingerprint density at radius 2 is 1.75 bits per heavy atom. The third kappa shape index (κ3) is 4.73. The molecule has 3 saturated heterocycles. The summed E-state index contributed by atoms with van der Waals surface area (Å²) in [7, 11) is 1.76. The van der Waals surface area contributed by atoms with Gasteiger partial charge in [0.05, 0.1) is 5.92 Å². The van der Waals surface area contributed by atoms with Crippen molar-refractivity contribution in [2.24, 2.45) is 5.92 Å². The van der Waals surface area contributed by atoms with Crippen molar-refractivity contribution in [1.82, 2.24) is 20.2 Å². The van der Waals surface area contributed by atoms with Crippen molar-refractivity contribution in [3.8, 4) is 0 Å². The summed E-state index contributed by atoms with van der Waals surface area (Å²) >= 11 is 0. The molecule has 3 heterocycles. The van der Waals surface area contributed by atoms with Crippen LogP contribution in [0.5, 0.6) is 0 Å². The highest BCUT2D eigenvalue weighted by atomic mass is 16.6. The zero-order valence-corrected chi connectivity index (χ0v) is 18.5. The summed E-state index contributed by atoms with van der Waals surface area (Å²) in [6.45, 7) is 2.96. The smallest absolute Gasteiger partial charge is 0.410 e. The van der Waals surface area contributed by atoms with E-state index >= 15 is 0 Å². The normalized spacial score (nSPS) is 28.6. The van der Waals surface area contributed by atoms with Gasteiger partial charge < -0.3 is 14.5 Å². The fourth-order valence-corrected chi connectivity index (χ4v) is 5.27. The van der Waals surface area contributed by atoms with Crippen LogP contribution in [-0.2, 0) is 14.3 Å². The molecule has 0 aliphatic carbocycles. The van der Waals surface area contributed by atoms with Crippen LogP contribution in [0.2, 0.25) is 0 Å². The monoisotopic (exact) mass is 444 g/mol. The maximum absolute atomic E-state index is 13.5. The summed E-state index contributed by atoms with van der Waals surface area (Å²) in [6, 6.07) is 9.42. The number of benzene rings is 1. The number of rotatable bonds is 4. The summed E-state index contributed by atoms with van der Waals surface area (Å²) < 4.78 is 5.66. The van der Waals surface area contributed by atoms with E-state index < -0.39 is 24.0 Å². The first-order valence-electron chi connectivity index (χ1n) is 11.4. The summed E-state index contributed by atoms with van der Waals surface area (Å²) in [5, 5.41) is 9.31.